The molecule has 7 heteroatoms. The number of hydrogen-bond donors (Lipinski definition) is 2. The van der Waals surface area contributed by atoms with E-state index in [0.717, 1.165) is 5.69 Å². The molecule has 0 aliphatic heterocycles. The molecule has 1 aromatic carbocycles. The van der Waals surface area contributed by atoms with E-state index in [1.54, 1.807) is 21.3 Å². The molecule has 0 aliphatic rings. The Morgan fingerprint density at radius 3 is 2.39 bits per heavy atom. The fraction of sp³-hybridized carbons (Fsp3) is 0.562. The van der Waals surface area contributed by atoms with Crippen molar-refractivity contribution in [3.05, 3.63) is 18.2 Å². The van der Waals surface area contributed by atoms with Crippen molar-refractivity contribution in [2.45, 2.75) is 25.5 Å². The Morgan fingerprint density at radius 2 is 1.87 bits per heavy atom. The van der Waals surface area contributed by atoms with Crippen LogP contribution in [0.4, 0.5) is 5.69 Å². The largest absolute Gasteiger partial charge is 0.493 e. The van der Waals surface area contributed by atoms with Gasteiger partial charge in [-0.3, -0.25) is 9.20 Å². The number of benzene rings is 1. The molecule has 130 valence electrons. The summed E-state index contributed by atoms with van der Waals surface area (Å²) < 4.78 is 22.3. The molecule has 1 atom stereocenters. The monoisotopic (exact) mass is 341 g/mol. The zero-order valence-corrected chi connectivity index (χ0v) is 15.5. The third kappa shape index (κ3) is 6.09. The van der Waals surface area contributed by atoms with Crippen LogP contribution in [0.5, 0.6) is 11.5 Å². The van der Waals surface area contributed by atoms with Crippen molar-refractivity contribution in [3.63, 3.8) is 0 Å². The van der Waals surface area contributed by atoms with Crippen LogP contribution in [0, 0.1) is 0 Å². The van der Waals surface area contributed by atoms with Crippen LogP contribution in [0.2, 0.25) is 0 Å². The number of guanidine groups is 1. The van der Waals surface area contributed by atoms with Crippen molar-refractivity contribution in [3.8, 4) is 11.5 Å². The minimum atomic E-state index is -0.893. The molecule has 0 saturated carbocycles. The number of ether oxygens (including phenoxy) is 2. The van der Waals surface area contributed by atoms with Crippen LogP contribution in [0.1, 0.15) is 20.8 Å². The summed E-state index contributed by atoms with van der Waals surface area (Å²) >= 11 is 0. The minimum Gasteiger partial charge on any atom is -0.493 e. The van der Waals surface area contributed by atoms with Crippen LogP contribution in [0.15, 0.2) is 23.2 Å². The summed E-state index contributed by atoms with van der Waals surface area (Å²) in [6, 6.07) is 5.53. The Kier molecular flexibility index (Phi) is 7.35. The third-order valence-corrected chi connectivity index (χ3v) is 5.07. The van der Waals surface area contributed by atoms with Gasteiger partial charge in [-0.1, -0.05) is 0 Å². The molecule has 0 fully saturated rings. The van der Waals surface area contributed by atoms with E-state index < -0.39 is 10.8 Å². The first-order valence-electron chi connectivity index (χ1n) is 7.40. The molecular formula is C16H27N3O3S. The second-order valence-corrected chi connectivity index (χ2v) is 8.18. The van der Waals surface area contributed by atoms with Crippen molar-refractivity contribution >= 4 is 22.4 Å². The highest BCUT2D eigenvalue weighted by Crippen LogP contribution is 2.29. The van der Waals surface area contributed by atoms with Gasteiger partial charge in [0.15, 0.2) is 17.5 Å². The molecule has 2 N–H and O–H groups in total. The molecule has 1 unspecified atom stereocenters. The number of nitrogens with zero attached hydrogens (tertiary/aromatic N) is 1. The van der Waals surface area contributed by atoms with Gasteiger partial charge in [-0.25, -0.2) is 0 Å². The van der Waals surface area contributed by atoms with Gasteiger partial charge in [-0.05, 0) is 32.9 Å². The molecule has 0 radical (unpaired) electrons. The van der Waals surface area contributed by atoms with Crippen molar-refractivity contribution in [2.24, 2.45) is 4.99 Å². The van der Waals surface area contributed by atoms with Crippen molar-refractivity contribution < 1.29 is 13.7 Å². The molecule has 6 nitrogen and oxygen atoms in total. The highest BCUT2D eigenvalue weighted by molar-refractivity contribution is 7.86. The molecule has 1 rings (SSSR count). The third-order valence-electron chi connectivity index (χ3n) is 3.13. The van der Waals surface area contributed by atoms with E-state index in [0.29, 0.717) is 29.8 Å². The van der Waals surface area contributed by atoms with Crippen LogP contribution < -0.4 is 20.1 Å². The standard InChI is InChI=1S/C16H27N3O3S/c1-16(2,3)23(20)10-9-18-15(17-4)19-12-7-8-13(21-5)14(11-12)22-6/h7-8,11H,9-10H2,1-6H3,(H2,17,18,19). The number of nitrogens with one attached hydrogen (secondary N) is 2. The van der Waals surface area contributed by atoms with Crippen molar-refractivity contribution in [1.82, 2.24) is 5.32 Å². The lowest BCUT2D eigenvalue weighted by Crippen LogP contribution is -2.36. The van der Waals surface area contributed by atoms with Gasteiger partial charge in [0.2, 0.25) is 0 Å². The first kappa shape index (κ1) is 19.3. The van der Waals surface area contributed by atoms with Crippen molar-refractivity contribution in [2.75, 3.05) is 38.9 Å². The number of aliphatic imine (C=N–C) groups is 1. The molecule has 0 aliphatic carbocycles. The number of anilines is 1. The maximum atomic E-state index is 12.0. The minimum absolute atomic E-state index is 0.206. The van der Waals surface area contributed by atoms with Crippen LogP contribution in [0.25, 0.3) is 0 Å². The van der Waals surface area contributed by atoms with Crippen LogP contribution >= 0.6 is 0 Å². The second kappa shape index (κ2) is 8.76. The average molecular weight is 341 g/mol. The van der Waals surface area contributed by atoms with Crippen molar-refractivity contribution in [1.29, 1.82) is 0 Å². The zero-order valence-electron chi connectivity index (χ0n) is 14.7. The van der Waals surface area contributed by atoms with E-state index >= 15 is 0 Å². The van der Waals surface area contributed by atoms with Gasteiger partial charge >= 0.3 is 0 Å². The predicted octanol–water partition coefficient (Wildman–Crippen LogP) is 2.24. The first-order chi connectivity index (χ1) is 10.8. The van der Waals surface area contributed by atoms with E-state index in [2.05, 4.69) is 15.6 Å². The average Bonchev–Trinajstić information content (AvgIpc) is 2.52. The lowest BCUT2D eigenvalue weighted by atomic mass is 10.3. The van der Waals surface area contributed by atoms with Gasteiger partial charge in [0.1, 0.15) is 0 Å². The Hall–Kier alpha value is -1.76. The summed E-state index contributed by atoms with van der Waals surface area (Å²) in [5.74, 6) is 2.49. The number of rotatable bonds is 6. The van der Waals surface area contributed by atoms with E-state index in [-0.39, 0.29) is 4.75 Å². The molecule has 0 heterocycles. The highest BCUT2D eigenvalue weighted by Gasteiger charge is 2.18. The predicted molar refractivity (Wildman–Crippen MR) is 97.3 cm³/mol. The normalized spacial score (nSPS) is 13.4. The summed E-state index contributed by atoms with van der Waals surface area (Å²) in [7, 11) is 3.99. The van der Waals surface area contributed by atoms with Gasteiger partial charge < -0.3 is 20.1 Å². The topological polar surface area (TPSA) is 72.0 Å². The lowest BCUT2D eigenvalue weighted by Gasteiger charge is -2.18. The molecule has 0 spiro atoms. The molecule has 0 bridgehead atoms. The maximum Gasteiger partial charge on any atom is 0.195 e. The quantitative estimate of drug-likeness (QED) is 0.613. The fourth-order valence-electron chi connectivity index (χ4n) is 1.80. The van der Waals surface area contributed by atoms with Crippen LogP contribution in [-0.2, 0) is 10.8 Å². The summed E-state index contributed by atoms with van der Waals surface area (Å²) in [6.07, 6.45) is 0. The molecule has 0 aromatic heterocycles. The molecule has 0 amide bonds. The fourth-order valence-corrected chi connectivity index (χ4v) is 2.70. The van der Waals surface area contributed by atoms with Gasteiger partial charge in [-0.2, -0.15) is 0 Å². The van der Waals surface area contributed by atoms with E-state index in [1.165, 1.54) is 0 Å². The second-order valence-electron chi connectivity index (χ2n) is 5.86. The summed E-state index contributed by atoms with van der Waals surface area (Å²) in [5.41, 5.74) is 0.827. The van der Waals surface area contributed by atoms with E-state index in [9.17, 15) is 4.21 Å². The Labute approximate surface area is 141 Å². The summed E-state index contributed by atoms with van der Waals surface area (Å²) in [6.45, 7) is 6.50. The highest BCUT2D eigenvalue weighted by atomic mass is 32.2. The van der Waals surface area contributed by atoms with Gasteiger partial charge in [-0.15, -0.1) is 0 Å². The SMILES string of the molecule is CN=C(NCCS(=O)C(C)(C)C)Nc1ccc(OC)c(OC)c1. The van der Waals surface area contributed by atoms with Gasteiger partial charge in [0, 0.05) is 46.6 Å². The molecule has 23 heavy (non-hydrogen) atoms. The molecule has 1 aromatic rings. The number of hydrogen-bond acceptors (Lipinski definition) is 4. The van der Waals surface area contributed by atoms with Gasteiger partial charge in [0.05, 0.1) is 14.2 Å². The van der Waals surface area contributed by atoms with Crippen LogP contribution in [-0.4, -0.2) is 48.5 Å². The van der Waals surface area contributed by atoms with Gasteiger partial charge in [0.25, 0.3) is 0 Å². The Morgan fingerprint density at radius 1 is 1.22 bits per heavy atom. The zero-order chi connectivity index (χ0) is 17.5. The van der Waals surface area contributed by atoms with E-state index in [1.807, 2.05) is 39.0 Å². The lowest BCUT2D eigenvalue weighted by molar-refractivity contribution is 0.355. The van der Waals surface area contributed by atoms with E-state index in [4.69, 9.17) is 9.47 Å². The maximum absolute atomic E-state index is 12.0. The Balaban J connectivity index is 2.62. The summed E-state index contributed by atoms with van der Waals surface area (Å²) in [4.78, 5) is 4.16. The Bertz CT molecular complexity index is 568. The smallest absolute Gasteiger partial charge is 0.195 e. The van der Waals surface area contributed by atoms with Crippen LogP contribution in [0.3, 0.4) is 0 Å². The number of methoxy groups -OCH3 is 2. The first-order valence-corrected chi connectivity index (χ1v) is 8.72. The summed E-state index contributed by atoms with van der Waals surface area (Å²) in [5, 5.41) is 6.33. The molecular weight excluding hydrogens is 314 g/mol. The molecule has 0 saturated heterocycles.